The van der Waals surface area contributed by atoms with Gasteiger partial charge in [-0.15, -0.1) is 0 Å². The monoisotopic (exact) mass is 378 g/mol. The van der Waals surface area contributed by atoms with Gasteiger partial charge in [-0.1, -0.05) is 34.8 Å². The minimum atomic E-state index is -1.98. The van der Waals surface area contributed by atoms with Gasteiger partial charge in [0.15, 0.2) is 5.76 Å². The second-order valence-corrected chi connectivity index (χ2v) is 6.61. The predicted octanol–water partition coefficient (Wildman–Crippen LogP) is 3.69. The van der Waals surface area contributed by atoms with Crippen molar-refractivity contribution < 1.29 is 18.9 Å². The van der Waals surface area contributed by atoms with Gasteiger partial charge in [0.1, 0.15) is 5.75 Å². The molecule has 1 amide bonds. The molecule has 7 nitrogen and oxygen atoms in total. The second-order valence-electron chi connectivity index (χ2n) is 4.24. The summed E-state index contributed by atoms with van der Waals surface area (Å²) in [6, 6.07) is 8.03. The highest BCUT2D eigenvalue weighted by atomic mass is 35.6. The van der Waals surface area contributed by atoms with Crippen molar-refractivity contribution in [3.8, 4) is 5.75 Å². The van der Waals surface area contributed by atoms with E-state index >= 15 is 0 Å². The zero-order valence-electron chi connectivity index (χ0n) is 11.2. The van der Waals surface area contributed by atoms with Crippen LogP contribution >= 0.6 is 34.8 Å². The molecule has 0 saturated carbocycles. The maximum absolute atomic E-state index is 11.9. The molecule has 0 saturated heterocycles. The van der Waals surface area contributed by atoms with E-state index in [9.17, 15) is 14.9 Å². The molecule has 1 N–H and O–H groups in total. The number of nitro benzene ring substituents is 1. The number of ether oxygens (including phenoxy) is 1. The van der Waals surface area contributed by atoms with Gasteiger partial charge in [0.05, 0.1) is 11.2 Å². The number of halogens is 3. The molecule has 0 aliphatic rings. The highest BCUT2D eigenvalue weighted by molar-refractivity contribution is 6.68. The third kappa shape index (κ3) is 4.75. The largest absolute Gasteiger partial charge is 0.466 e. The summed E-state index contributed by atoms with van der Waals surface area (Å²) in [5, 5.41) is 13.0. The number of amides is 1. The Bertz CT molecular complexity index is 683. The fourth-order valence-electron chi connectivity index (χ4n) is 1.56. The van der Waals surface area contributed by atoms with Crippen LogP contribution in [0.4, 0.5) is 5.69 Å². The van der Waals surface area contributed by atoms with E-state index in [0.29, 0.717) is 0 Å². The molecular weight excluding hydrogens is 371 g/mol. The molecule has 1 atom stereocenters. The van der Waals surface area contributed by atoms with Crippen LogP contribution in [0.2, 0.25) is 0 Å². The highest BCUT2D eigenvalue weighted by Crippen LogP contribution is 2.32. The van der Waals surface area contributed by atoms with Gasteiger partial charge < -0.3 is 14.5 Å². The van der Waals surface area contributed by atoms with Crippen molar-refractivity contribution in [2.45, 2.75) is 10.0 Å². The molecule has 1 heterocycles. The Morgan fingerprint density at radius 2 is 1.91 bits per heavy atom. The van der Waals surface area contributed by atoms with Crippen molar-refractivity contribution in [3.05, 3.63) is 58.5 Å². The third-order valence-electron chi connectivity index (χ3n) is 2.61. The average Bonchev–Trinajstić information content (AvgIpc) is 3.00. The number of hydrogen-bond donors (Lipinski definition) is 1. The van der Waals surface area contributed by atoms with Crippen molar-refractivity contribution in [2.75, 3.05) is 0 Å². The van der Waals surface area contributed by atoms with Crippen LogP contribution in [-0.2, 0) is 0 Å². The van der Waals surface area contributed by atoms with Crippen LogP contribution in [0.3, 0.4) is 0 Å². The van der Waals surface area contributed by atoms with Crippen LogP contribution in [0.15, 0.2) is 47.1 Å². The van der Waals surface area contributed by atoms with Gasteiger partial charge in [-0.05, 0) is 24.3 Å². The molecule has 2 aromatic rings. The number of nitro groups is 1. The van der Waals surface area contributed by atoms with Gasteiger partial charge >= 0.3 is 0 Å². The van der Waals surface area contributed by atoms with E-state index in [4.69, 9.17) is 44.0 Å². The number of nitrogens with one attached hydrogen (secondary N) is 1. The number of hydrogen-bond acceptors (Lipinski definition) is 5. The number of alkyl halides is 3. The molecule has 0 bridgehead atoms. The van der Waals surface area contributed by atoms with E-state index in [0.717, 1.165) is 0 Å². The molecule has 1 unspecified atom stereocenters. The lowest BCUT2D eigenvalue weighted by Gasteiger charge is -2.25. The fraction of sp³-hybridized carbons (Fsp3) is 0.154. The molecule has 0 radical (unpaired) electrons. The zero-order chi connectivity index (χ0) is 17.0. The molecule has 1 aromatic heterocycles. The van der Waals surface area contributed by atoms with E-state index in [1.165, 1.54) is 42.7 Å². The molecule has 0 aliphatic heterocycles. The molecule has 23 heavy (non-hydrogen) atoms. The SMILES string of the molecule is O=C(NC(Oc1ccc([N+](=O)[O-])cc1)C(Cl)(Cl)Cl)c1ccco1. The number of rotatable bonds is 5. The number of carbonyl (C=O) groups is 1. The van der Waals surface area contributed by atoms with E-state index in [1.807, 2.05) is 0 Å². The first-order chi connectivity index (χ1) is 10.8. The summed E-state index contributed by atoms with van der Waals surface area (Å²) >= 11 is 17.4. The van der Waals surface area contributed by atoms with Gasteiger partial charge in [-0.25, -0.2) is 0 Å². The summed E-state index contributed by atoms with van der Waals surface area (Å²) in [5.41, 5.74) is -0.123. The van der Waals surface area contributed by atoms with Crippen LogP contribution in [0.25, 0.3) is 0 Å². The predicted molar refractivity (Wildman–Crippen MR) is 84.0 cm³/mol. The van der Waals surface area contributed by atoms with E-state index in [2.05, 4.69) is 5.32 Å². The Kier molecular flexibility index (Phi) is 5.35. The van der Waals surface area contributed by atoms with Crippen molar-refractivity contribution in [2.24, 2.45) is 0 Å². The Hall–Kier alpha value is -1.96. The highest BCUT2D eigenvalue weighted by Gasteiger charge is 2.36. The number of carbonyl (C=O) groups excluding carboxylic acids is 1. The van der Waals surface area contributed by atoms with Crippen LogP contribution in [0, 0.1) is 10.1 Å². The van der Waals surface area contributed by atoms with Crippen LogP contribution in [0.1, 0.15) is 10.6 Å². The van der Waals surface area contributed by atoms with Crippen molar-refractivity contribution in [1.29, 1.82) is 0 Å². The van der Waals surface area contributed by atoms with Crippen molar-refractivity contribution >= 4 is 46.4 Å². The van der Waals surface area contributed by atoms with Gasteiger partial charge in [0.2, 0.25) is 10.0 Å². The Labute approximate surface area is 145 Å². The molecule has 1 aromatic carbocycles. The number of nitrogens with zero attached hydrogens (tertiary/aromatic N) is 1. The maximum Gasteiger partial charge on any atom is 0.289 e. The summed E-state index contributed by atoms with van der Waals surface area (Å²) in [4.78, 5) is 22.0. The lowest BCUT2D eigenvalue weighted by Crippen LogP contribution is -2.47. The average molecular weight is 380 g/mol. The first kappa shape index (κ1) is 17.4. The lowest BCUT2D eigenvalue weighted by molar-refractivity contribution is -0.384. The van der Waals surface area contributed by atoms with Gasteiger partial charge in [-0.2, -0.15) is 0 Å². The molecule has 122 valence electrons. The summed E-state index contributed by atoms with van der Waals surface area (Å²) in [5.74, 6) is -0.462. The topological polar surface area (TPSA) is 94.6 Å². The summed E-state index contributed by atoms with van der Waals surface area (Å²) in [6.07, 6.45) is -0.0252. The standard InChI is InChI=1S/C13H9Cl3N2O5/c14-13(15,16)12(17-11(19)10-2-1-7-22-10)23-9-5-3-8(4-6-9)18(20)21/h1-7,12H,(H,17,19). The summed E-state index contributed by atoms with van der Waals surface area (Å²) in [6.45, 7) is 0. The third-order valence-corrected chi connectivity index (χ3v) is 3.20. The van der Waals surface area contributed by atoms with Crippen LogP contribution in [0.5, 0.6) is 5.75 Å². The van der Waals surface area contributed by atoms with Gasteiger partial charge in [0.25, 0.3) is 11.6 Å². The molecule has 0 fully saturated rings. The van der Waals surface area contributed by atoms with E-state index in [-0.39, 0.29) is 17.2 Å². The first-order valence-corrected chi connectivity index (χ1v) is 7.23. The fourth-order valence-corrected chi connectivity index (χ4v) is 1.86. The van der Waals surface area contributed by atoms with Crippen molar-refractivity contribution in [1.82, 2.24) is 5.32 Å². The van der Waals surface area contributed by atoms with Crippen LogP contribution < -0.4 is 10.1 Å². The zero-order valence-corrected chi connectivity index (χ0v) is 13.5. The Balaban J connectivity index is 2.13. The molecule has 2 rings (SSSR count). The van der Waals surface area contributed by atoms with Crippen molar-refractivity contribution in [3.63, 3.8) is 0 Å². The Morgan fingerprint density at radius 3 is 2.39 bits per heavy atom. The maximum atomic E-state index is 11.9. The second kappa shape index (κ2) is 7.08. The molecule has 0 spiro atoms. The van der Waals surface area contributed by atoms with Crippen LogP contribution in [-0.4, -0.2) is 20.9 Å². The minimum Gasteiger partial charge on any atom is -0.466 e. The normalized spacial score (nSPS) is 12.5. The number of furan rings is 1. The molecule has 0 aliphatic carbocycles. The summed E-state index contributed by atoms with van der Waals surface area (Å²) in [7, 11) is 0. The van der Waals surface area contributed by atoms with E-state index in [1.54, 1.807) is 0 Å². The van der Waals surface area contributed by atoms with E-state index < -0.39 is 20.9 Å². The summed E-state index contributed by atoms with van der Waals surface area (Å²) < 4.78 is 8.34. The lowest BCUT2D eigenvalue weighted by atomic mass is 10.3. The first-order valence-electron chi connectivity index (χ1n) is 6.09. The minimum absolute atomic E-state index is 0.0107. The van der Waals surface area contributed by atoms with Gasteiger partial charge in [-0.3, -0.25) is 14.9 Å². The quantitative estimate of drug-likeness (QED) is 0.370. The number of non-ortho nitro benzene ring substituents is 1. The number of benzene rings is 1. The smallest absolute Gasteiger partial charge is 0.289 e. The van der Waals surface area contributed by atoms with Gasteiger partial charge in [0, 0.05) is 12.1 Å². The molecule has 10 heteroatoms. The Morgan fingerprint density at radius 1 is 1.26 bits per heavy atom. The molecular formula is C13H9Cl3N2O5.